The van der Waals surface area contributed by atoms with E-state index in [1.807, 2.05) is 32.0 Å². The normalized spacial score (nSPS) is 11.9. The molecular weight excluding hydrogens is 274 g/mol. The second kappa shape index (κ2) is 5.97. The Morgan fingerprint density at radius 1 is 1.10 bits per heavy atom. The smallest absolute Gasteiger partial charge is 0.0912 e. The molecule has 0 saturated heterocycles. The summed E-state index contributed by atoms with van der Waals surface area (Å²) in [6, 6.07) is 11.6. The number of anilines is 1. The van der Waals surface area contributed by atoms with E-state index < -0.39 is 12.0 Å². The zero-order valence-electron chi connectivity index (χ0n) is 11.3. The fourth-order valence-electron chi connectivity index (χ4n) is 2.16. The minimum absolute atomic E-state index is 0.567. The SMILES string of the molecule is Cc1cc(C)cc(N[C@H](C(=O)[O-])c2ccc(Cl)cc2)c1. The van der Waals surface area contributed by atoms with E-state index in [2.05, 4.69) is 5.32 Å². The second-order valence-corrected chi connectivity index (χ2v) is 5.26. The average molecular weight is 289 g/mol. The standard InChI is InChI=1S/C16H16ClNO2/c1-10-7-11(2)9-14(8-10)18-15(16(19)20)12-3-5-13(17)6-4-12/h3-9,15,18H,1-2H3,(H,19,20)/p-1/t15-/m0/s1. The van der Waals surface area contributed by atoms with Crippen molar-refractivity contribution in [3.8, 4) is 0 Å². The summed E-state index contributed by atoms with van der Waals surface area (Å²) in [5.74, 6) is -1.17. The zero-order chi connectivity index (χ0) is 14.7. The molecule has 0 heterocycles. The van der Waals surface area contributed by atoms with Crippen LogP contribution in [0.5, 0.6) is 0 Å². The number of aryl methyl sites for hydroxylation is 2. The number of aliphatic carboxylic acids is 1. The highest BCUT2D eigenvalue weighted by Crippen LogP contribution is 2.22. The molecule has 3 nitrogen and oxygen atoms in total. The fraction of sp³-hybridized carbons (Fsp3) is 0.188. The highest BCUT2D eigenvalue weighted by molar-refractivity contribution is 6.30. The Bertz CT molecular complexity index is 603. The lowest BCUT2D eigenvalue weighted by atomic mass is 10.1. The van der Waals surface area contributed by atoms with E-state index in [1.54, 1.807) is 24.3 Å². The third-order valence-electron chi connectivity index (χ3n) is 2.97. The highest BCUT2D eigenvalue weighted by atomic mass is 35.5. The summed E-state index contributed by atoms with van der Waals surface area (Å²) in [4.78, 5) is 11.4. The van der Waals surface area contributed by atoms with Gasteiger partial charge in [-0.25, -0.2) is 0 Å². The molecule has 2 rings (SSSR count). The number of nitrogens with one attached hydrogen (secondary N) is 1. The number of rotatable bonds is 4. The molecule has 0 fully saturated rings. The molecule has 0 unspecified atom stereocenters. The predicted molar refractivity (Wildman–Crippen MR) is 78.7 cm³/mol. The van der Waals surface area contributed by atoms with Crippen molar-refractivity contribution in [2.45, 2.75) is 19.9 Å². The van der Waals surface area contributed by atoms with Crippen molar-refractivity contribution in [2.24, 2.45) is 0 Å². The van der Waals surface area contributed by atoms with Gasteiger partial charge in [0, 0.05) is 10.7 Å². The second-order valence-electron chi connectivity index (χ2n) is 4.82. The lowest BCUT2D eigenvalue weighted by molar-refractivity contribution is -0.307. The maximum Gasteiger partial charge on any atom is 0.0912 e. The van der Waals surface area contributed by atoms with Gasteiger partial charge in [-0.15, -0.1) is 0 Å². The fourth-order valence-corrected chi connectivity index (χ4v) is 2.28. The van der Waals surface area contributed by atoms with Crippen LogP contribution >= 0.6 is 11.6 Å². The minimum Gasteiger partial charge on any atom is -0.548 e. The number of carbonyl (C=O) groups excluding carboxylic acids is 1. The van der Waals surface area contributed by atoms with E-state index in [9.17, 15) is 9.90 Å². The van der Waals surface area contributed by atoms with Crippen LogP contribution in [-0.4, -0.2) is 5.97 Å². The minimum atomic E-state index is -1.17. The molecule has 1 N–H and O–H groups in total. The van der Waals surface area contributed by atoms with Gasteiger partial charge in [0.2, 0.25) is 0 Å². The average Bonchev–Trinajstić information content (AvgIpc) is 2.36. The molecule has 2 aromatic carbocycles. The first-order valence-electron chi connectivity index (χ1n) is 6.27. The van der Waals surface area contributed by atoms with Gasteiger partial charge in [0.1, 0.15) is 0 Å². The molecule has 2 aromatic rings. The molecule has 1 atom stereocenters. The van der Waals surface area contributed by atoms with Crippen LogP contribution in [0, 0.1) is 13.8 Å². The van der Waals surface area contributed by atoms with Gasteiger partial charge in [-0.3, -0.25) is 0 Å². The summed E-state index contributed by atoms with van der Waals surface area (Å²) in [7, 11) is 0. The molecule has 0 saturated carbocycles. The predicted octanol–water partition coefficient (Wildman–Crippen LogP) is 2.86. The molecule has 0 aliphatic heterocycles. The van der Waals surface area contributed by atoms with Crippen LogP contribution < -0.4 is 10.4 Å². The van der Waals surface area contributed by atoms with E-state index in [4.69, 9.17) is 11.6 Å². The maximum atomic E-state index is 11.4. The van der Waals surface area contributed by atoms with Gasteiger partial charge in [-0.2, -0.15) is 0 Å². The number of carbonyl (C=O) groups is 1. The Labute approximate surface area is 123 Å². The monoisotopic (exact) mass is 288 g/mol. The van der Waals surface area contributed by atoms with Crippen LogP contribution in [0.4, 0.5) is 5.69 Å². The van der Waals surface area contributed by atoms with Crippen molar-refractivity contribution in [2.75, 3.05) is 5.32 Å². The molecule has 104 valence electrons. The van der Waals surface area contributed by atoms with Crippen molar-refractivity contribution in [1.29, 1.82) is 0 Å². The molecular formula is C16H15ClNO2-. The Balaban J connectivity index is 2.30. The quantitative estimate of drug-likeness (QED) is 0.941. The molecule has 0 aromatic heterocycles. The molecule has 0 radical (unpaired) electrons. The topological polar surface area (TPSA) is 52.2 Å². The summed E-state index contributed by atoms with van der Waals surface area (Å²) in [5, 5.41) is 14.9. The van der Waals surface area contributed by atoms with E-state index in [1.165, 1.54) is 0 Å². The molecule has 0 spiro atoms. The summed E-state index contributed by atoms with van der Waals surface area (Å²) in [6.45, 7) is 3.93. The lowest BCUT2D eigenvalue weighted by Gasteiger charge is -2.22. The first kappa shape index (κ1) is 14.4. The molecule has 0 aliphatic rings. The summed E-state index contributed by atoms with van der Waals surface area (Å²) >= 11 is 5.81. The van der Waals surface area contributed by atoms with Crippen LogP contribution in [0.1, 0.15) is 22.7 Å². The number of carboxylic acid groups (broad SMARTS) is 1. The van der Waals surface area contributed by atoms with Gasteiger partial charge in [0.05, 0.1) is 12.0 Å². The number of hydrogen-bond acceptors (Lipinski definition) is 3. The molecule has 0 amide bonds. The third kappa shape index (κ3) is 3.52. The summed E-state index contributed by atoms with van der Waals surface area (Å²) in [6.07, 6.45) is 0. The molecule has 0 bridgehead atoms. The summed E-state index contributed by atoms with van der Waals surface area (Å²) < 4.78 is 0. The Hall–Kier alpha value is -2.00. The van der Waals surface area contributed by atoms with Gasteiger partial charge < -0.3 is 15.2 Å². The van der Waals surface area contributed by atoms with Gasteiger partial charge >= 0.3 is 0 Å². The van der Waals surface area contributed by atoms with Gasteiger partial charge in [-0.05, 0) is 54.8 Å². The largest absolute Gasteiger partial charge is 0.548 e. The first-order valence-corrected chi connectivity index (χ1v) is 6.64. The van der Waals surface area contributed by atoms with E-state index >= 15 is 0 Å². The van der Waals surface area contributed by atoms with Crippen LogP contribution in [-0.2, 0) is 4.79 Å². The van der Waals surface area contributed by atoms with E-state index in [0.29, 0.717) is 10.6 Å². The lowest BCUT2D eigenvalue weighted by Crippen LogP contribution is -2.34. The van der Waals surface area contributed by atoms with E-state index in [0.717, 1.165) is 16.8 Å². The first-order chi connectivity index (χ1) is 9.45. The number of halogens is 1. The van der Waals surface area contributed by atoms with Crippen LogP contribution in [0.25, 0.3) is 0 Å². The van der Waals surface area contributed by atoms with Crippen molar-refractivity contribution in [1.82, 2.24) is 0 Å². The highest BCUT2D eigenvalue weighted by Gasteiger charge is 2.13. The summed E-state index contributed by atoms with van der Waals surface area (Å²) in [5.41, 5.74) is 3.50. The van der Waals surface area contributed by atoms with Crippen molar-refractivity contribution in [3.05, 3.63) is 64.2 Å². The van der Waals surface area contributed by atoms with Gasteiger partial charge in [0.15, 0.2) is 0 Å². The molecule has 0 aliphatic carbocycles. The van der Waals surface area contributed by atoms with Gasteiger partial charge in [-0.1, -0.05) is 29.8 Å². The maximum absolute atomic E-state index is 11.4. The van der Waals surface area contributed by atoms with Crippen LogP contribution in [0.3, 0.4) is 0 Å². The number of hydrogen-bond donors (Lipinski definition) is 1. The van der Waals surface area contributed by atoms with Crippen molar-refractivity contribution in [3.63, 3.8) is 0 Å². The van der Waals surface area contributed by atoms with Crippen LogP contribution in [0.2, 0.25) is 5.02 Å². The van der Waals surface area contributed by atoms with Crippen LogP contribution in [0.15, 0.2) is 42.5 Å². The van der Waals surface area contributed by atoms with Crippen molar-refractivity contribution < 1.29 is 9.90 Å². The zero-order valence-corrected chi connectivity index (χ0v) is 12.1. The van der Waals surface area contributed by atoms with Crippen molar-refractivity contribution >= 4 is 23.3 Å². The van der Waals surface area contributed by atoms with E-state index in [-0.39, 0.29) is 0 Å². The molecule has 4 heteroatoms. The Morgan fingerprint density at radius 2 is 1.65 bits per heavy atom. The molecule has 20 heavy (non-hydrogen) atoms. The van der Waals surface area contributed by atoms with Gasteiger partial charge in [0.25, 0.3) is 0 Å². The number of benzene rings is 2. The Morgan fingerprint density at radius 3 is 2.15 bits per heavy atom. The Kier molecular flexibility index (Phi) is 4.30. The third-order valence-corrected chi connectivity index (χ3v) is 3.22. The number of carboxylic acids is 1.